The van der Waals surface area contributed by atoms with Crippen molar-refractivity contribution in [2.45, 2.75) is 18.9 Å². The number of piperidine rings is 1. The van der Waals surface area contributed by atoms with Crippen molar-refractivity contribution in [2.75, 3.05) is 29.0 Å². The predicted octanol–water partition coefficient (Wildman–Crippen LogP) is 2.82. The first-order chi connectivity index (χ1) is 14.2. The topological polar surface area (TPSA) is 89.8 Å². The van der Waals surface area contributed by atoms with E-state index < -0.39 is 0 Å². The van der Waals surface area contributed by atoms with Crippen molar-refractivity contribution < 1.29 is 0 Å². The van der Waals surface area contributed by atoms with Gasteiger partial charge in [-0.15, -0.1) is 0 Å². The zero-order valence-corrected chi connectivity index (χ0v) is 16.4. The SMILES string of the molecule is Cn1c(-n2cccc2)nc2c(N3CCC(Nc4ccccc4N)CC3)ncnc21. The van der Waals surface area contributed by atoms with E-state index in [0.29, 0.717) is 6.04 Å². The zero-order valence-electron chi connectivity index (χ0n) is 16.4. The van der Waals surface area contributed by atoms with Crippen LogP contribution in [0.3, 0.4) is 0 Å². The van der Waals surface area contributed by atoms with E-state index in [1.54, 1.807) is 6.33 Å². The number of benzene rings is 1. The molecule has 1 aliphatic rings. The fraction of sp³-hybridized carbons (Fsp3) is 0.286. The van der Waals surface area contributed by atoms with E-state index in [1.807, 2.05) is 65.0 Å². The molecule has 1 aromatic carbocycles. The van der Waals surface area contributed by atoms with Crippen molar-refractivity contribution in [1.29, 1.82) is 0 Å². The molecule has 8 nitrogen and oxygen atoms in total. The monoisotopic (exact) mass is 388 g/mol. The van der Waals surface area contributed by atoms with Gasteiger partial charge >= 0.3 is 0 Å². The second-order valence-corrected chi connectivity index (χ2v) is 7.42. The first-order valence-corrected chi connectivity index (χ1v) is 9.87. The highest BCUT2D eigenvalue weighted by atomic mass is 15.3. The highest BCUT2D eigenvalue weighted by molar-refractivity contribution is 5.85. The molecule has 0 spiro atoms. The molecule has 5 rings (SSSR count). The third-order valence-electron chi connectivity index (χ3n) is 5.56. The number of fused-ring (bicyclic) bond motifs is 1. The zero-order chi connectivity index (χ0) is 19.8. The van der Waals surface area contributed by atoms with Gasteiger partial charge in [0.1, 0.15) is 6.33 Å². The quantitative estimate of drug-likeness (QED) is 0.523. The summed E-state index contributed by atoms with van der Waals surface area (Å²) in [6, 6.07) is 12.3. The third kappa shape index (κ3) is 3.16. The lowest BCUT2D eigenvalue weighted by Gasteiger charge is -2.33. The summed E-state index contributed by atoms with van der Waals surface area (Å²) in [6.45, 7) is 1.82. The molecule has 4 heterocycles. The van der Waals surface area contributed by atoms with Crippen molar-refractivity contribution in [3.63, 3.8) is 0 Å². The molecule has 8 heteroatoms. The van der Waals surface area contributed by atoms with E-state index in [1.165, 1.54) is 0 Å². The summed E-state index contributed by atoms with van der Waals surface area (Å²) in [5.41, 5.74) is 9.56. The fourth-order valence-electron chi connectivity index (χ4n) is 3.99. The minimum atomic E-state index is 0.396. The Morgan fingerprint density at radius 3 is 2.55 bits per heavy atom. The number of hydrogen-bond acceptors (Lipinski definition) is 6. The predicted molar refractivity (Wildman–Crippen MR) is 115 cm³/mol. The van der Waals surface area contributed by atoms with Gasteiger partial charge in [-0.1, -0.05) is 12.1 Å². The van der Waals surface area contributed by atoms with Gasteiger partial charge in [0.2, 0.25) is 5.95 Å². The molecule has 3 aromatic heterocycles. The van der Waals surface area contributed by atoms with Gasteiger partial charge in [-0.05, 0) is 37.1 Å². The summed E-state index contributed by atoms with van der Waals surface area (Å²) in [5.74, 6) is 1.74. The van der Waals surface area contributed by atoms with Crippen molar-refractivity contribution in [2.24, 2.45) is 7.05 Å². The Bertz CT molecular complexity index is 1120. The Kier molecular flexibility index (Phi) is 4.31. The molecule has 0 radical (unpaired) electrons. The van der Waals surface area contributed by atoms with Crippen LogP contribution in [0.1, 0.15) is 12.8 Å². The van der Waals surface area contributed by atoms with Crippen molar-refractivity contribution in [3.8, 4) is 5.95 Å². The number of nitrogens with zero attached hydrogens (tertiary/aromatic N) is 6. The number of nitrogen functional groups attached to an aromatic ring is 1. The van der Waals surface area contributed by atoms with Gasteiger partial charge in [-0.2, -0.15) is 0 Å². The van der Waals surface area contributed by atoms with Gasteiger partial charge in [0, 0.05) is 38.6 Å². The molecule has 0 amide bonds. The van der Waals surface area contributed by atoms with Crippen LogP contribution in [0.4, 0.5) is 17.2 Å². The summed E-state index contributed by atoms with van der Waals surface area (Å²) in [4.78, 5) is 16.2. The van der Waals surface area contributed by atoms with E-state index in [0.717, 1.165) is 60.2 Å². The van der Waals surface area contributed by atoms with Gasteiger partial charge in [0.05, 0.1) is 11.4 Å². The molecular weight excluding hydrogens is 364 g/mol. The molecule has 3 N–H and O–H groups in total. The lowest BCUT2D eigenvalue weighted by Crippen LogP contribution is -2.39. The van der Waals surface area contributed by atoms with Crippen LogP contribution in [0.5, 0.6) is 0 Å². The molecule has 1 saturated heterocycles. The van der Waals surface area contributed by atoms with E-state index in [-0.39, 0.29) is 0 Å². The number of hydrogen-bond donors (Lipinski definition) is 2. The summed E-state index contributed by atoms with van der Waals surface area (Å²) >= 11 is 0. The molecule has 0 bridgehead atoms. The number of rotatable bonds is 4. The summed E-state index contributed by atoms with van der Waals surface area (Å²) in [5, 5.41) is 3.58. The third-order valence-corrected chi connectivity index (χ3v) is 5.56. The van der Waals surface area contributed by atoms with Crippen LogP contribution in [-0.2, 0) is 7.05 Å². The lowest BCUT2D eigenvalue weighted by atomic mass is 10.0. The van der Waals surface area contributed by atoms with E-state index in [2.05, 4.69) is 20.2 Å². The van der Waals surface area contributed by atoms with Crippen molar-refractivity contribution in [3.05, 3.63) is 55.1 Å². The number of aromatic nitrogens is 5. The molecule has 1 aliphatic heterocycles. The fourth-order valence-corrected chi connectivity index (χ4v) is 3.99. The Hall–Kier alpha value is -3.55. The molecule has 29 heavy (non-hydrogen) atoms. The molecule has 1 fully saturated rings. The van der Waals surface area contributed by atoms with Crippen LogP contribution in [0.25, 0.3) is 17.1 Å². The maximum Gasteiger partial charge on any atom is 0.215 e. The van der Waals surface area contributed by atoms with Crippen LogP contribution < -0.4 is 16.0 Å². The molecule has 0 saturated carbocycles. The highest BCUT2D eigenvalue weighted by Crippen LogP contribution is 2.28. The number of nitrogens with two attached hydrogens (primary N) is 1. The Morgan fingerprint density at radius 2 is 1.79 bits per heavy atom. The Balaban J connectivity index is 1.37. The van der Waals surface area contributed by atoms with E-state index in [4.69, 9.17) is 10.7 Å². The van der Waals surface area contributed by atoms with E-state index in [9.17, 15) is 0 Å². The van der Waals surface area contributed by atoms with Gasteiger partial charge in [0.15, 0.2) is 17.0 Å². The van der Waals surface area contributed by atoms with Crippen LogP contribution in [0.2, 0.25) is 0 Å². The Morgan fingerprint density at radius 1 is 1.03 bits per heavy atom. The number of para-hydroxylation sites is 2. The van der Waals surface area contributed by atoms with Crippen molar-refractivity contribution >= 4 is 28.4 Å². The number of nitrogens with one attached hydrogen (secondary N) is 1. The molecule has 0 unspecified atom stereocenters. The van der Waals surface area contributed by atoms with Crippen LogP contribution in [0.15, 0.2) is 55.1 Å². The summed E-state index contributed by atoms with van der Waals surface area (Å²) in [7, 11) is 1.99. The Labute approximate surface area is 169 Å². The lowest BCUT2D eigenvalue weighted by molar-refractivity contribution is 0.524. The average molecular weight is 388 g/mol. The molecule has 0 atom stereocenters. The van der Waals surface area contributed by atoms with Crippen molar-refractivity contribution in [1.82, 2.24) is 24.1 Å². The largest absolute Gasteiger partial charge is 0.397 e. The maximum absolute atomic E-state index is 6.07. The number of anilines is 3. The summed E-state index contributed by atoms with van der Waals surface area (Å²) in [6.07, 6.45) is 7.63. The highest BCUT2D eigenvalue weighted by Gasteiger charge is 2.24. The summed E-state index contributed by atoms with van der Waals surface area (Å²) < 4.78 is 4.00. The standard InChI is InChI=1S/C21H24N8/c1-27-19-18(26-21(27)29-10-4-5-11-29)20(24-14-23-19)28-12-8-15(9-13-28)25-17-7-3-2-6-16(17)22/h2-7,10-11,14-15,25H,8-9,12-13,22H2,1H3. The van der Waals surface area contributed by atoms with Crippen LogP contribution >= 0.6 is 0 Å². The smallest absolute Gasteiger partial charge is 0.215 e. The molecule has 4 aromatic rings. The maximum atomic E-state index is 6.07. The van der Waals surface area contributed by atoms with Gasteiger partial charge in [-0.25, -0.2) is 15.0 Å². The minimum Gasteiger partial charge on any atom is -0.397 e. The second-order valence-electron chi connectivity index (χ2n) is 7.42. The van der Waals surface area contributed by atoms with E-state index >= 15 is 0 Å². The average Bonchev–Trinajstić information content (AvgIpc) is 3.39. The normalized spacial score (nSPS) is 15.1. The second kappa shape index (κ2) is 7.12. The molecular formula is C21H24N8. The molecule has 148 valence electrons. The van der Waals surface area contributed by atoms with Gasteiger partial charge in [-0.3, -0.25) is 9.13 Å². The van der Waals surface area contributed by atoms with Crippen LogP contribution in [0, 0.1) is 0 Å². The van der Waals surface area contributed by atoms with Gasteiger partial charge in [0.25, 0.3) is 0 Å². The van der Waals surface area contributed by atoms with Gasteiger partial charge < -0.3 is 16.0 Å². The van der Waals surface area contributed by atoms with Crippen LogP contribution in [-0.4, -0.2) is 43.2 Å². The molecule has 0 aliphatic carbocycles. The minimum absolute atomic E-state index is 0.396. The first-order valence-electron chi connectivity index (χ1n) is 9.87. The number of aryl methyl sites for hydroxylation is 1. The first kappa shape index (κ1) is 17.5. The number of imidazole rings is 1.